The fourth-order valence-corrected chi connectivity index (χ4v) is 4.86. The Morgan fingerprint density at radius 1 is 0.786 bits per heavy atom. The predicted molar refractivity (Wildman–Crippen MR) is 118 cm³/mol. The number of sulfone groups is 1. The Balaban J connectivity index is 2.35. The van der Waals surface area contributed by atoms with Gasteiger partial charge in [0.25, 0.3) is 0 Å². The van der Waals surface area contributed by atoms with Gasteiger partial charge in [0.15, 0.2) is 0 Å². The van der Waals surface area contributed by atoms with Gasteiger partial charge in [-0.15, -0.1) is 6.58 Å². The lowest BCUT2D eigenvalue weighted by molar-refractivity contribution is 0.606. The number of hydrogen-bond donors (Lipinski definition) is 0. The van der Waals surface area contributed by atoms with Crippen molar-refractivity contribution >= 4 is 20.3 Å². The Morgan fingerprint density at radius 3 is 1.86 bits per heavy atom. The maximum atomic E-state index is 13.7. The Labute approximate surface area is 167 Å². The van der Waals surface area contributed by atoms with Crippen molar-refractivity contribution in [3.63, 3.8) is 0 Å². The Hall–Kier alpha value is -2.91. The highest BCUT2D eigenvalue weighted by Gasteiger charge is 2.26. The van der Waals surface area contributed by atoms with E-state index in [4.69, 9.17) is 0 Å². The first-order chi connectivity index (χ1) is 13.4. The average Bonchev–Trinajstić information content (AvgIpc) is 2.70. The van der Waals surface area contributed by atoms with Crippen LogP contribution in [0.2, 0.25) is 0 Å². The Kier molecular flexibility index (Phi) is 5.96. The molecule has 0 atom stereocenters. The largest absolute Gasteiger partial charge is 0.218 e. The van der Waals surface area contributed by atoms with E-state index in [1.807, 2.05) is 80.6 Å². The van der Waals surface area contributed by atoms with Gasteiger partial charge >= 0.3 is 0 Å². The van der Waals surface area contributed by atoms with Crippen molar-refractivity contribution < 1.29 is 8.42 Å². The molecule has 0 saturated carbocycles. The standard InChI is InChI=1S/C25H24O2S/c1-4-8-24(21-9-6-5-7-10-21)25(22-15-11-19(2)12-16-22)28(26,27)23-17-13-20(3)14-18-23/h4-7,9-18H,1,8H2,2-3H3/b25-24-. The third kappa shape index (κ3) is 4.15. The van der Waals surface area contributed by atoms with E-state index in [1.165, 1.54) is 0 Å². The van der Waals surface area contributed by atoms with Crippen LogP contribution in [0.3, 0.4) is 0 Å². The fourth-order valence-electron chi connectivity index (χ4n) is 3.16. The molecule has 0 fully saturated rings. The van der Waals surface area contributed by atoms with Crippen molar-refractivity contribution in [3.05, 3.63) is 114 Å². The molecule has 28 heavy (non-hydrogen) atoms. The van der Waals surface area contributed by atoms with E-state index in [9.17, 15) is 8.42 Å². The lowest BCUT2D eigenvalue weighted by Crippen LogP contribution is -2.07. The van der Waals surface area contributed by atoms with Gasteiger partial charge in [-0.1, -0.05) is 83.9 Å². The maximum Gasteiger partial charge on any atom is 0.207 e. The summed E-state index contributed by atoms with van der Waals surface area (Å²) in [6.07, 6.45) is 2.21. The summed E-state index contributed by atoms with van der Waals surface area (Å²) in [5.74, 6) is 0. The zero-order valence-electron chi connectivity index (χ0n) is 16.2. The molecule has 0 heterocycles. The minimum Gasteiger partial charge on any atom is -0.218 e. The zero-order valence-corrected chi connectivity index (χ0v) is 17.0. The number of allylic oxidation sites excluding steroid dienone is 2. The van der Waals surface area contributed by atoms with Crippen LogP contribution in [0.15, 0.2) is 96.4 Å². The van der Waals surface area contributed by atoms with Crippen molar-refractivity contribution in [1.82, 2.24) is 0 Å². The van der Waals surface area contributed by atoms with E-state index in [0.29, 0.717) is 21.8 Å². The van der Waals surface area contributed by atoms with Gasteiger partial charge in [-0.3, -0.25) is 0 Å². The van der Waals surface area contributed by atoms with Gasteiger partial charge in [-0.25, -0.2) is 8.42 Å². The van der Waals surface area contributed by atoms with Gasteiger partial charge in [0.1, 0.15) is 0 Å². The summed E-state index contributed by atoms with van der Waals surface area (Å²) in [5, 5.41) is 0. The van der Waals surface area contributed by atoms with Crippen LogP contribution in [0.4, 0.5) is 0 Å². The van der Waals surface area contributed by atoms with Crippen molar-refractivity contribution in [2.24, 2.45) is 0 Å². The molecule has 0 radical (unpaired) electrons. The van der Waals surface area contributed by atoms with Crippen LogP contribution in [0, 0.1) is 13.8 Å². The van der Waals surface area contributed by atoms with Crippen molar-refractivity contribution in [2.45, 2.75) is 25.2 Å². The van der Waals surface area contributed by atoms with E-state index in [2.05, 4.69) is 6.58 Å². The molecule has 142 valence electrons. The van der Waals surface area contributed by atoms with Crippen molar-refractivity contribution in [1.29, 1.82) is 0 Å². The molecule has 3 aromatic rings. The Bertz CT molecular complexity index is 1090. The van der Waals surface area contributed by atoms with E-state index in [0.717, 1.165) is 22.3 Å². The molecule has 0 aromatic heterocycles. The monoisotopic (exact) mass is 388 g/mol. The molecule has 0 bridgehead atoms. The topological polar surface area (TPSA) is 34.1 Å². The normalized spacial score (nSPS) is 12.4. The van der Waals surface area contributed by atoms with Gasteiger partial charge in [0.05, 0.1) is 9.80 Å². The molecule has 0 spiro atoms. The molecule has 3 rings (SSSR count). The quantitative estimate of drug-likeness (QED) is 0.371. The molecule has 2 nitrogen and oxygen atoms in total. The number of benzene rings is 3. The summed E-state index contributed by atoms with van der Waals surface area (Å²) in [4.78, 5) is 0.633. The van der Waals surface area contributed by atoms with Gasteiger partial charge < -0.3 is 0 Å². The smallest absolute Gasteiger partial charge is 0.207 e. The van der Waals surface area contributed by atoms with Crippen LogP contribution in [-0.2, 0) is 9.84 Å². The maximum absolute atomic E-state index is 13.7. The van der Waals surface area contributed by atoms with Gasteiger partial charge in [0, 0.05) is 0 Å². The summed E-state index contributed by atoms with van der Waals surface area (Å²) < 4.78 is 27.5. The molecule has 3 aromatic carbocycles. The van der Waals surface area contributed by atoms with Crippen LogP contribution in [-0.4, -0.2) is 8.42 Å². The minimum atomic E-state index is -3.72. The van der Waals surface area contributed by atoms with Crippen LogP contribution < -0.4 is 0 Å². The van der Waals surface area contributed by atoms with Crippen LogP contribution in [0.1, 0.15) is 28.7 Å². The molecular weight excluding hydrogens is 364 g/mol. The van der Waals surface area contributed by atoms with E-state index >= 15 is 0 Å². The summed E-state index contributed by atoms with van der Waals surface area (Å²) in [6.45, 7) is 7.79. The van der Waals surface area contributed by atoms with Crippen LogP contribution in [0.25, 0.3) is 10.5 Å². The second kappa shape index (κ2) is 8.41. The molecule has 0 amide bonds. The van der Waals surface area contributed by atoms with Crippen LogP contribution >= 0.6 is 0 Å². The molecule has 0 unspecified atom stereocenters. The molecule has 0 aliphatic rings. The highest BCUT2D eigenvalue weighted by molar-refractivity contribution is 8.01. The van der Waals surface area contributed by atoms with Gasteiger partial charge in [0.2, 0.25) is 9.84 Å². The highest BCUT2D eigenvalue weighted by Crippen LogP contribution is 2.37. The molecule has 0 aliphatic carbocycles. The third-order valence-electron chi connectivity index (χ3n) is 4.66. The fraction of sp³-hybridized carbons (Fsp3) is 0.120. The zero-order chi connectivity index (χ0) is 20.1. The molecule has 0 aliphatic heterocycles. The number of hydrogen-bond acceptors (Lipinski definition) is 2. The number of aryl methyl sites for hydroxylation is 2. The predicted octanol–water partition coefficient (Wildman–Crippen LogP) is 6.22. The lowest BCUT2D eigenvalue weighted by Gasteiger charge is -2.17. The SMILES string of the molecule is C=CC/C(=C(\c1ccc(C)cc1)S(=O)(=O)c1ccc(C)cc1)c1ccccc1. The number of rotatable bonds is 6. The van der Waals surface area contributed by atoms with Crippen molar-refractivity contribution in [3.8, 4) is 0 Å². The summed E-state index contributed by atoms with van der Waals surface area (Å²) in [6, 6.07) is 24.3. The molecule has 0 N–H and O–H groups in total. The summed E-state index contributed by atoms with van der Waals surface area (Å²) >= 11 is 0. The van der Waals surface area contributed by atoms with Gasteiger partial charge in [-0.05, 0) is 49.1 Å². The van der Waals surface area contributed by atoms with Crippen molar-refractivity contribution in [2.75, 3.05) is 0 Å². The van der Waals surface area contributed by atoms with E-state index < -0.39 is 9.84 Å². The summed E-state index contributed by atoms with van der Waals surface area (Å²) in [5.41, 5.74) is 4.43. The second-order valence-corrected chi connectivity index (χ2v) is 8.74. The van der Waals surface area contributed by atoms with Crippen LogP contribution in [0.5, 0.6) is 0 Å². The molecule has 0 saturated heterocycles. The first-order valence-corrected chi connectivity index (χ1v) is 10.7. The van der Waals surface area contributed by atoms with E-state index in [1.54, 1.807) is 18.2 Å². The first kappa shape index (κ1) is 19.8. The molecule has 3 heteroatoms. The third-order valence-corrected chi connectivity index (χ3v) is 6.57. The summed E-state index contributed by atoms with van der Waals surface area (Å²) in [7, 11) is -3.72. The first-order valence-electron chi connectivity index (χ1n) is 9.22. The lowest BCUT2D eigenvalue weighted by atomic mass is 9.99. The average molecular weight is 389 g/mol. The Morgan fingerprint density at radius 2 is 1.32 bits per heavy atom. The van der Waals surface area contributed by atoms with Gasteiger partial charge in [-0.2, -0.15) is 0 Å². The second-order valence-electron chi connectivity index (χ2n) is 6.85. The van der Waals surface area contributed by atoms with E-state index in [-0.39, 0.29) is 0 Å². The minimum absolute atomic E-state index is 0.297. The molecular formula is C25H24O2S. The highest BCUT2D eigenvalue weighted by atomic mass is 32.2.